The second-order valence-corrected chi connectivity index (χ2v) is 5.37. The molecule has 19 heavy (non-hydrogen) atoms. The number of fused-ring (bicyclic) bond motifs is 1. The maximum Gasteiger partial charge on any atom is 0.0681 e. The third kappa shape index (κ3) is 2.60. The van der Waals surface area contributed by atoms with Gasteiger partial charge < -0.3 is 10.4 Å². The molecule has 1 unspecified atom stereocenters. The molecule has 3 heteroatoms. The van der Waals surface area contributed by atoms with Crippen molar-refractivity contribution in [1.82, 2.24) is 0 Å². The summed E-state index contributed by atoms with van der Waals surface area (Å²) in [5.41, 5.74) is 4.71. The number of hydrogen-bond acceptors (Lipinski definition) is 2. The highest BCUT2D eigenvalue weighted by Crippen LogP contribution is 2.35. The first-order valence-electron chi connectivity index (χ1n) is 6.51. The third-order valence-electron chi connectivity index (χ3n) is 3.66. The quantitative estimate of drug-likeness (QED) is 0.888. The minimum atomic E-state index is 0.0883. The fourth-order valence-electron chi connectivity index (χ4n) is 2.64. The molecule has 2 nitrogen and oxygen atoms in total. The number of anilines is 1. The summed E-state index contributed by atoms with van der Waals surface area (Å²) < 4.78 is 0. The molecule has 1 atom stereocenters. The molecular weight excluding hydrogens is 258 g/mol. The SMILES string of the molecule is OCc1ccc(NC2CCc3cc(Cl)ccc32)cc1. The van der Waals surface area contributed by atoms with E-state index in [1.54, 1.807) is 0 Å². The van der Waals surface area contributed by atoms with Gasteiger partial charge in [-0.05, 0) is 53.8 Å². The number of hydrogen-bond donors (Lipinski definition) is 2. The van der Waals surface area contributed by atoms with E-state index in [9.17, 15) is 0 Å². The minimum absolute atomic E-state index is 0.0883. The first-order valence-corrected chi connectivity index (χ1v) is 6.89. The molecule has 2 aromatic rings. The predicted molar refractivity (Wildman–Crippen MR) is 78.5 cm³/mol. The zero-order chi connectivity index (χ0) is 13.2. The van der Waals surface area contributed by atoms with Crippen molar-refractivity contribution < 1.29 is 5.11 Å². The van der Waals surface area contributed by atoms with Crippen molar-refractivity contribution >= 4 is 17.3 Å². The van der Waals surface area contributed by atoms with E-state index in [0.29, 0.717) is 6.04 Å². The van der Waals surface area contributed by atoms with Crippen LogP contribution in [0.3, 0.4) is 0 Å². The van der Waals surface area contributed by atoms with E-state index >= 15 is 0 Å². The van der Waals surface area contributed by atoms with Crippen LogP contribution in [0, 0.1) is 0 Å². The van der Waals surface area contributed by atoms with Gasteiger partial charge in [-0.25, -0.2) is 0 Å². The summed E-state index contributed by atoms with van der Waals surface area (Å²) in [6, 6.07) is 14.4. The Bertz CT molecular complexity index is 580. The lowest BCUT2D eigenvalue weighted by molar-refractivity contribution is 0.282. The standard InChI is InChI=1S/C16H16ClNO/c17-13-4-7-15-12(9-13)3-8-16(15)18-14-5-1-11(10-19)2-6-14/h1-2,4-7,9,16,18-19H,3,8,10H2. The Labute approximate surface area is 118 Å². The summed E-state index contributed by atoms with van der Waals surface area (Å²) in [7, 11) is 0. The van der Waals surface area contributed by atoms with Gasteiger partial charge in [-0.15, -0.1) is 0 Å². The highest BCUT2D eigenvalue weighted by molar-refractivity contribution is 6.30. The molecule has 2 N–H and O–H groups in total. The fourth-order valence-corrected chi connectivity index (χ4v) is 2.84. The molecule has 1 aliphatic carbocycles. The average Bonchev–Trinajstić information content (AvgIpc) is 2.82. The molecule has 2 aromatic carbocycles. The maximum atomic E-state index is 9.04. The number of nitrogens with one attached hydrogen (secondary N) is 1. The predicted octanol–water partition coefficient (Wildman–Crippen LogP) is 3.93. The molecule has 0 aromatic heterocycles. The van der Waals surface area contributed by atoms with Gasteiger partial charge in [0.2, 0.25) is 0 Å². The summed E-state index contributed by atoms with van der Waals surface area (Å²) in [5.74, 6) is 0. The molecule has 1 aliphatic rings. The number of aliphatic hydroxyl groups is 1. The Morgan fingerprint density at radius 3 is 2.68 bits per heavy atom. The first kappa shape index (κ1) is 12.5. The molecule has 0 spiro atoms. The largest absolute Gasteiger partial charge is 0.392 e. The van der Waals surface area contributed by atoms with Crippen molar-refractivity contribution in [3.8, 4) is 0 Å². The Kier molecular flexibility index (Phi) is 3.45. The molecule has 0 aliphatic heterocycles. The molecule has 0 saturated heterocycles. The van der Waals surface area contributed by atoms with Gasteiger partial charge in [0.25, 0.3) is 0 Å². The van der Waals surface area contributed by atoms with Gasteiger partial charge in [-0.3, -0.25) is 0 Å². The van der Waals surface area contributed by atoms with E-state index in [0.717, 1.165) is 29.1 Å². The molecule has 0 heterocycles. The van der Waals surface area contributed by atoms with Gasteiger partial charge in [-0.1, -0.05) is 29.8 Å². The van der Waals surface area contributed by atoms with Crippen LogP contribution in [0.5, 0.6) is 0 Å². The zero-order valence-corrected chi connectivity index (χ0v) is 11.3. The normalized spacial score (nSPS) is 17.3. The van der Waals surface area contributed by atoms with E-state index in [-0.39, 0.29) is 6.61 Å². The van der Waals surface area contributed by atoms with E-state index in [4.69, 9.17) is 16.7 Å². The summed E-state index contributed by atoms with van der Waals surface area (Å²) in [4.78, 5) is 0. The van der Waals surface area contributed by atoms with Crippen molar-refractivity contribution in [1.29, 1.82) is 0 Å². The molecule has 0 bridgehead atoms. The van der Waals surface area contributed by atoms with Gasteiger partial charge >= 0.3 is 0 Å². The molecule has 0 radical (unpaired) electrons. The van der Waals surface area contributed by atoms with E-state index in [1.807, 2.05) is 30.3 Å². The van der Waals surface area contributed by atoms with Crippen molar-refractivity contribution in [3.05, 3.63) is 64.2 Å². The Hall–Kier alpha value is -1.51. The van der Waals surface area contributed by atoms with Crippen LogP contribution < -0.4 is 5.32 Å². The molecule has 3 rings (SSSR count). The molecule has 0 saturated carbocycles. The minimum Gasteiger partial charge on any atom is -0.392 e. The Morgan fingerprint density at radius 2 is 1.95 bits per heavy atom. The van der Waals surface area contributed by atoms with Crippen LogP contribution in [-0.2, 0) is 13.0 Å². The highest BCUT2D eigenvalue weighted by atomic mass is 35.5. The lowest BCUT2D eigenvalue weighted by Gasteiger charge is -2.16. The van der Waals surface area contributed by atoms with E-state index < -0.39 is 0 Å². The summed E-state index contributed by atoms with van der Waals surface area (Å²) >= 11 is 6.02. The molecule has 0 amide bonds. The lowest BCUT2D eigenvalue weighted by atomic mass is 10.1. The van der Waals surface area contributed by atoms with Crippen LogP contribution >= 0.6 is 11.6 Å². The van der Waals surface area contributed by atoms with Crippen LogP contribution in [0.2, 0.25) is 5.02 Å². The monoisotopic (exact) mass is 273 g/mol. The molecule has 98 valence electrons. The number of rotatable bonds is 3. The van der Waals surface area contributed by atoms with E-state index in [1.165, 1.54) is 11.1 Å². The Balaban J connectivity index is 1.78. The average molecular weight is 274 g/mol. The van der Waals surface area contributed by atoms with Crippen LogP contribution in [0.25, 0.3) is 0 Å². The van der Waals surface area contributed by atoms with Gasteiger partial charge in [0.1, 0.15) is 0 Å². The number of benzene rings is 2. The maximum absolute atomic E-state index is 9.04. The summed E-state index contributed by atoms with van der Waals surface area (Å²) in [6.45, 7) is 0.0883. The fraction of sp³-hybridized carbons (Fsp3) is 0.250. The highest BCUT2D eigenvalue weighted by Gasteiger charge is 2.22. The number of halogens is 1. The zero-order valence-electron chi connectivity index (χ0n) is 10.6. The van der Waals surface area contributed by atoms with Crippen molar-refractivity contribution in [2.45, 2.75) is 25.5 Å². The van der Waals surface area contributed by atoms with Crippen LogP contribution in [-0.4, -0.2) is 5.11 Å². The topological polar surface area (TPSA) is 32.3 Å². The van der Waals surface area contributed by atoms with Crippen LogP contribution in [0.1, 0.15) is 29.2 Å². The summed E-state index contributed by atoms with van der Waals surface area (Å²) in [6.07, 6.45) is 2.17. The first-order chi connectivity index (χ1) is 9.26. The lowest BCUT2D eigenvalue weighted by Crippen LogP contribution is -2.06. The summed E-state index contributed by atoms with van der Waals surface area (Å²) in [5, 5.41) is 13.4. The molecular formula is C16H16ClNO. The number of aliphatic hydroxyl groups excluding tert-OH is 1. The van der Waals surface area contributed by atoms with Gasteiger partial charge in [0.05, 0.1) is 12.6 Å². The second-order valence-electron chi connectivity index (χ2n) is 4.93. The van der Waals surface area contributed by atoms with Crippen molar-refractivity contribution in [3.63, 3.8) is 0 Å². The third-order valence-corrected chi connectivity index (χ3v) is 3.90. The van der Waals surface area contributed by atoms with Gasteiger partial charge in [-0.2, -0.15) is 0 Å². The van der Waals surface area contributed by atoms with Gasteiger partial charge in [0, 0.05) is 10.7 Å². The molecule has 0 fully saturated rings. The van der Waals surface area contributed by atoms with Crippen LogP contribution in [0.4, 0.5) is 5.69 Å². The van der Waals surface area contributed by atoms with Crippen molar-refractivity contribution in [2.75, 3.05) is 5.32 Å². The smallest absolute Gasteiger partial charge is 0.0681 e. The van der Waals surface area contributed by atoms with E-state index in [2.05, 4.69) is 17.4 Å². The van der Waals surface area contributed by atoms with Crippen LogP contribution in [0.15, 0.2) is 42.5 Å². The van der Waals surface area contributed by atoms with Crippen molar-refractivity contribution in [2.24, 2.45) is 0 Å². The Morgan fingerprint density at radius 1 is 1.16 bits per heavy atom. The number of aryl methyl sites for hydroxylation is 1. The second kappa shape index (κ2) is 5.24. The van der Waals surface area contributed by atoms with Gasteiger partial charge in [0.15, 0.2) is 0 Å².